The van der Waals surface area contributed by atoms with Crippen molar-refractivity contribution in [2.75, 3.05) is 20.6 Å². The maximum Gasteiger partial charge on any atom is 0.141 e. The largest absolute Gasteiger partial charge is 0.632 e. The summed E-state index contributed by atoms with van der Waals surface area (Å²) in [5, 5.41) is 15.3. The third-order valence-electron chi connectivity index (χ3n) is 5.55. The minimum atomic E-state index is -0.227. The Morgan fingerprint density at radius 2 is 0.962 bits per heavy atom. The number of nitrogens with zero attached hydrogens (tertiary/aromatic N) is 1. The molecule has 0 saturated heterocycles. The van der Waals surface area contributed by atoms with E-state index in [-0.39, 0.29) is 10.8 Å². The van der Waals surface area contributed by atoms with Gasteiger partial charge in [-0.05, 0) is 6.42 Å². The van der Waals surface area contributed by atoms with Crippen LogP contribution in [0.15, 0.2) is 0 Å². The molecule has 1 unspecified atom stereocenters. The number of hydrogen-bond donors (Lipinski definition) is 1. The van der Waals surface area contributed by atoms with Crippen molar-refractivity contribution in [3.05, 3.63) is 5.21 Å². The van der Waals surface area contributed by atoms with Gasteiger partial charge in [0.2, 0.25) is 0 Å². The SMILES string of the molecule is CCCCCCCCCCCCCCCCCCNC(CC)[N+](C)(C)[O-]. The molecule has 0 radical (unpaired) electrons. The number of unbranched alkanes of at least 4 members (excludes halogenated alkanes) is 15. The Kier molecular flexibility index (Phi) is 18.2. The molecule has 0 amide bonds. The average Bonchev–Trinajstić information content (AvgIpc) is 2.59. The Balaban J connectivity index is 3.18. The molecule has 0 aromatic heterocycles. The monoisotopic (exact) mass is 370 g/mol. The molecule has 3 nitrogen and oxygen atoms in total. The lowest BCUT2D eigenvalue weighted by Gasteiger charge is -2.41. The van der Waals surface area contributed by atoms with Crippen molar-refractivity contribution < 1.29 is 4.65 Å². The number of rotatable bonds is 20. The second kappa shape index (κ2) is 18.3. The highest BCUT2D eigenvalue weighted by Gasteiger charge is 2.16. The van der Waals surface area contributed by atoms with Gasteiger partial charge in [0.05, 0.1) is 14.1 Å². The van der Waals surface area contributed by atoms with E-state index in [0.29, 0.717) is 0 Å². The van der Waals surface area contributed by atoms with Gasteiger partial charge in [-0.1, -0.05) is 110 Å². The lowest BCUT2D eigenvalue weighted by molar-refractivity contribution is -0.870. The Morgan fingerprint density at radius 1 is 0.615 bits per heavy atom. The topological polar surface area (TPSA) is 35.1 Å². The Labute approximate surface area is 165 Å². The summed E-state index contributed by atoms with van der Waals surface area (Å²) in [5.74, 6) is 0. The maximum absolute atomic E-state index is 11.9. The van der Waals surface area contributed by atoms with E-state index in [1.807, 2.05) is 0 Å². The smallest absolute Gasteiger partial charge is 0.141 e. The van der Waals surface area contributed by atoms with Crippen molar-refractivity contribution in [3.8, 4) is 0 Å². The highest BCUT2D eigenvalue weighted by atomic mass is 16.5. The third-order valence-corrected chi connectivity index (χ3v) is 5.55. The zero-order chi connectivity index (χ0) is 19.5. The summed E-state index contributed by atoms with van der Waals surface area (Å²) in [4.78, 5) is 0. The first-order valence-corrected chi connectivity index (χ1v) is 11.8. The molecule has 3 heteroatoms. The van der Waals surface area contributed by atoms with Gasteiger partial charge in [-0.25, -0.2) is 0 Å². The predicted molar refractivity (Wildman–Crippen MR) is 117 cm³/mol. The van der Waals surface area contributed by atoms with Gasteiger partial charge in [-0.3, -0.25) is 5.32 Å². The number of hydroxylamine groups is 3. The molecule has 0 aromatic rings. The number of hydrogen-bond acceptors (Lipinski definition) is 2. The first kappa shape index (κ1) is 25.9. The van der Waals surface area contributed by atoms with Gasteiger partial charge >= 0.3 is 0 Å². The van der Waals surface area contributed by atoms with Crippen LogP contribution >= 0.6 is 0 Å². The van der Waals surface area contributed by atoms with Crippen molar-refractivity contribution in [2.24, 2.45) is 0 Å². The molecule has 0 spiro atoms. The molecule has 0 bridgehead atoms. The molecule has 0 aliphatic heterocycles. The molecule has 0 rings (SSSR count). The summed E-state index contributed by atoms with van der Waals surface area (Å²) in [6, 6.07) is 0. The maximum atomic E-state index is 11.9. The minimum Gasteiger partial charge on any atom is -0.632 e. The van der Waals surface area contributed by atoms with Crippen LogP contribution in [0.5, 0.6) is 0 Å². The van der Waals surface area contributed by atoms with E-state index < -0.39 is 0 Å². The van der Waals surface area contributed by atoms with Gasteiger partial charge in [0, 0.05) is 13.0 Å². The Morgan fingerprint density at radius 3 is 1.27 bits per heavy atom. The first-order valence-electron chi connectivity index (χ1n) is 11.8. The molecule has 26 heavy (non-hydrogen) atoms. The molecule has 0 heterocycles. The van der Waals surface area contributed by atoms with Crippen LogP contribution in [0, 0.1) is 5.21 Å². The molecule has 1 N–H and O–H groups in total. The second-order valence-electron chi connectivity index (χ2n) is 8.62. The molecule has 0 aliphatic rings. The quantitative estimate of drug-likeness (QED) is 0.107. The molecule has 0 fully saturated rings. The van der Waals surface area contributed by atoms with Gasteiger partial charge in [-0.2, -0.15) is 0 Å². The van der Waals surface area contributed by atoms with Crippen LogP contribution in [-0.4, -0.2) is 31.5 Å². The van der Waals surface area contributed by atoms with Gasteiger partial charge in [0.15, 0.2) is 0 Å². The normalized spacial score (nSPS) is 13.3. The highest BCUT2D eigenvalue weighted by molar-refractivity contribution is 4.56. The summed E-state index contributed by atoms with van der Waals surface area (Å²) in [6.45, 7) is 5.36. The zero-order valence-corrected chi connectivity index (χ0v) is 18.7. The Hall–Kier alpha value is -0.120. The van der Waals surface area contributed by atoms with E-state index in [2.05, 4.69) is 19.2 Å². The lowest BCUT2D eigenvalue weighted by atomic mass is 10.0. The van der Waals surface area contributed by atoms with Crippen molar-refractivity contribution in [2.45, 2.75) is 129 Å². The fraction of sp³-hybridized carbons (Fsp3) is 1.00. The van der Waals surface area contributed by atoms with Crippen LogP contribution in [0.3, 0.4) is 0 Å². The average molecular weight is 371 g/mol. The van der Waals surface area contributed by atoms with Crippen LogP contribution in [0.2, 0.25) is 0 Å². The van der Waals surface area contributed by atoms with Crippen LogP contribution in [0.25, 0.3) is 0 Å². The molecule has 1 atom stereocenters. The van der Waals surface area contributed by atoms with E-state index in [0.717, 1.165) is 13.0 Å². The lowest BCUT2D eigenvalue weighted by Crippen LogP contribution is -2.52. The van der Waals surface area contributed by atoms with Crippen molar-refractivity contribution in [1.82, 2.24) is 5.32 Å². The molecule has 0 saturated carbocycles. The molecule has 0 aliphatic carbocycles. The first-order chi connectivity index (χ1) is 12.5. The van der Waals surface area contributed by atoms with E-state index >= 15 is 0 Å². The van der Waals surface area contributed by atoms with Crippen LogP contribution < -0.4 is 5.32 Å². The summed E-state index contributed by atoms with van der Waals surface area (Å²) < 4.78 is -0.227. The second-order valence-corrected chi connectivity index (χ2v) is 8.62. The number of quaternary nitrogens is 1. The van der Waals surface area contributed by atoms with E-state index in [1.165, 1.54) is 103 Å². The van der Waals surface area contributed by atoms with Gasteiger partial charge in [0.25, 0.3) is 0 Å². The van der Waals surface area contributed by atoms with Crippen LogP contribution in [-0.2, 0) is 0 Å². The van der Waals surface area contributed by atoms with E-state index in [1.54, 1.807) is 14.1 Å². The van der Waals surface area contributed by atoms with Gasteiger partial charge < -0.3 is 9.85 Å². The minimum absolute atomic E-state index is 0.0475. The molecule has 0 aromatic carbocycles. The summed E-state index contributed by atoms with van der Waals surface area (Å²) in [6.07, 6.45) is 23.4. The third kappa shape index (κ3) is 17.3. The van der Waals surface area contributed by atoms with Gasteiger partial charge in [-0.15, -0.1) is 0 Å². The van der Waals surface area contributed by atoms with Crippen LogP contribution in [0.4, 0.5) is 0 Å². The highest BCUT2D eigenvalue weighted by Crippen LogP contribution is 2.13. The van der Waals surface area contributed by atoms with E-state index in [4.69, 9.17) is 0 Å². The predicted octanol–water partition coefficient (Wildman–Crippen LogP) is 7.15. The molecular formula is C23H50N2O. The van der Waals surface area contributed by atoms with Crippen molar-refractivity contribution in [3.63, 3.8) is 0 Å². The zero-order valence-electron chi connectivity index (χ0n) is 18.7. The fourth-order valence-corrected chi connectivity index (χ4v) is 3.75. The van der Waals surface area contributed by atoms with Crippen molar-refractivity contribution in [1.29, 1.82) is 0 Å². The summed E-state index contributed by atoms with van der Waals surface area (Å²) in [7, 11) is 3.46. The Bertz CT molecular complexity index is 276. The molecular weight excluding hydrogens is 320 g/mol. The summed E-state index contributed by atoms with van der Waals surface area (Å²) >= 11 is 0. The fourth-order valence-electron chi connectivity index (χ4n) is 3.75. The van der Waals surface area contributed by atoms with E-state index in [9.17, 15) is 5.21 Å². The number of nitrogens with one attached hydrogen (secondary N) is 1. The standard InChI is InChI=1S/C23H50N2O/c1-5-7-8-9-10-11-12-13-14-15-16-17-18-19-20-21-22-24-23(6-2)25(3,4)26/h23-24H,5-22H2,1-4H3. The van der Waals surface area contributed by atoms with Gasteiger partial charge in [0.1, 0.15) is 6.17 Å². The van der Waals surface area contributed by atoms with Crippen molar-refractivity contribution >= 4 is 0 Å². The summed E-state index contributed by atoms with van der Waals surface area (Å²) in [5.41, 5.74) is 0. The molecule has 158 valence electrons. The van der Waals surface area contributed by atoms with Crippen LogP contribution in [0.1, 0.15) is 123 Å².